The van der Waals surface area contributed by atoms with E-state index in [1.165, 1.54) is 5.56 Å². The predicted octanol–water partition coefficient (Wildman–Crippen LogP) is 2.87. The molecule has 3 aromatic rings. The number of hydrogen-bond donors (Lipinski definition) is 0. The number of fused-ring (bicyclic) bond motifs is 1. The first kappa shape index (κ1) is 12.3. The Balaban J connectivity index is 1.77. The van der Waals surface area contributed by atoms with Crippen molar-refractivity contribution in [3.8, 4) is 5.95 Å². The van der Waals surface area contributed by atoms with Crippen molar-refractivity contribution in [2.45, 2.75) is 32.2 Å². The highest BCUT2D eigenvalue weighted by Gasteiger charge is 2.32. The van der Waals surface area contributed by atoms with E-state index in [1.54, 1.807) is 6.33 Å². The smallest absolute Gasteiger partial charge is 0.254 e. The third-order valence-corrected chi connectivity index (χ3v) is 4.09. The van der Waals surface area contributed by atoms with Crippen molar-refractivity contribution < 1.29 is 0 Å². The van der Waals surface area contributed by atoms with E-state index in [2.05, 4.69) is 40.9 Å². The minimum Gasteiger partial charge on any atom is -0.273 e. The third kappa shape index (κ3) is 1.96. The van der Waals surface area contributed by atoms with Gasteiger partial charge in [-0.2, -0.15) is 4.98 Å². The van der Waals surface area contributed by atoms with Gasteiger partial charge >= 0.3 is 0 Å². The standard InChI is InChI=1S/C16H17N5/c1-11-8-14(13-6-4-3-5-7-13)21-15(11)18-16(19-21)20-9-12(2)17-10-20/h3-7,9-11,14H,8H2,1-2H3. The summed E-state index contributed by atoms with van der Waals surface area (Å²) in [7, 11) is 0. The Hall–Kier alpha value is -2.43. The topological polar surface area (TPSA) is 48.5 Å². The summed E-state index contributed by atoms with van der Waals surface area (Å²) in [5, 5.41) is 4.71. The zero-order chi connectivity index (χ0) is 14.4. The molecule has 4 rings (SSSR count). The Morgan fingerprint density at radius 1 is 1.19 bits per heavy atom. The van der Waals surface area contributed by atoms with Gasteiger partial charge in [0.05, 0.1) is 11.7 Å². The van der Waals surface area contributed by atoms with Gasteiger partial charge in [0.1, 0.15) is 12.2 Å². The van der Waals surface area contributed by atoms with Crippen molar-refractivity contribution in [2.24, 2.45) is 0 Å². The number of rotatable bonds is 2. The van der Waals surface area contributed by atoms with E-state index in [0.717, 1.165) is 17.9 Å². The van der Waals surface area contributed by atoms with Gasteiger partial charge in [-0.05, 0) is 18.9 Å². The van der Waals surface area contributed by atoms with Crippen LogP contribution in [0, 0.1) is 6.92 Å². The summed E-state index contributed by atoms with van der Waals surface area (Å²) in [6, 6.07) is 10.8. The van der Waals surface area contributed by atoms with Crippen LogP contribution < -0.4 is 0 Å². The summed E-state index contributed by atoms with van der Waals surface area (Å²) in [5.74, 6) is 2.18. The predicted molar refractivity (Wildman–Crippen MR) is 79.5 cm³/mol. The van der Waals surface area contributed by atoms with Gasteiger partial charge < -0.3 is 0 Å². The van der Waals surface area contributed by atoms with E-state index >= 15 is 0 Å². The van der Waals surface area contributed by atoms with Gasteiger partial charge in [-0.15, -0.1) is 5.10 Å². The molecular formula is C16H17N5. The average Bonchev–Trinajstić information content (AvgIpc) is 3.17. The second-order valence-corrected chi connectivity index (χ2v) is 5.70. The van der Waals surface area contributed by atoms with Crippen LogP contribution in [-0.2, 0) is 0 Å². The second kappa shape index (κ2) is 4.55. The molecule has 0 radical (unpaired) electrons. The van der Waals surface area contributed by atoms with Crippen LogP contribution in [-0.4, -0.2) is 24.3 Å². The molecule has 0 spiro atoms. The molecular weight excluding hydrogens is 262 g/mol. The molecule has 2 atom stereocenters. The van der Waals surface area contributed by atoms with Crippen molar-refractivity contribution in [3.63, 3.8) is 0 Å². The van der Waals surface area contributed by atoms with Gasteiger partial charge in [-0.25, -0.2) is 9.67 Å². The van der Waals surface area contributed by atoms with Crippen molar-refractivity contribution in [1.82, 2.24) is 24.3 Å². The molecule has 5 heteroatoms. The fourth-order valence-corrected chi connectivity index (χ4v) is 3.02. The summed E-state index contributed by atoms with van der Waals surface area (Å²) >= 11 is 0. The first-order valence-corrected chi connectivity index (χ1v) is 7.24. The lowest BCUT2D eigenvalue weighted by molar-refractivity contribution is 0.540. The van der Waals surface area contributed by atoms with Gasteiger partial charge in [-0.3, -0.25) is 4.57 Å². The number of hydrogen-bond acceptors (Lipinski definition) is 3. The molecule has 1 aliphatic heterocycles. The van der Waals surface area contributed by atoms with Crippen LogP contribution in [0.2, 0.25) is 0 Å². The van der Waals surface area contributed by atoms with Gasteiger partial charge in [0.15, 0.2) is 0 Å². The van der Waals surface area contributed by atoms with E-state index in [4.69, 9.17) is 10.1 Å². The molecule has 2 unspecified atom stereocenters. The summed E-state index contributed by atoms with van der Waals surface area (Å²) in [6.45, 7) is 4.18. The average molecular weight is 279 g/mol. The third-order valence-electron chi connectivity index (χ3n) is 4.09. The Morgan fingerprint density at radius 3 is 2.71 bits per heavy atom. The van der Waals surface area contributed by atoms with Crippen LogP contribution >= 0.6 is 0 Å². The molecule has 0 N–H and O–H groups in total. The summed E-state index contributed by atoms with van der Waals surface area (Å²) in [4.78, 5) is 8.95. The highest BCUT2D eigenvalue weighted by atomic mass is 15.4. The minimum absolute atomic E-state index is 0.280. The first-order chi connectivity index (χ1) is 10.2. The van der Waals surface area contributed by atoms with Crippen LogP contribution in [0.15, 0.2) is 42.9 Å². The number of imidazole rings is 1. The van der Waals surface area contributed by atoms with Gasteiger partial charge in [0.25, 0.3) is 5.95 Å². The molecule has 3 heterocycles. The van der Waals surface area contributed by atoms with E-state index in [0.29, 0.717) is 11.9 Å². The Morgan fingerprint density at radius 2 is 2.00 bits per heavy atom. The molecule has 1 aromatic carbocycles. The maximum absolute atomic E-state index is 4.71. The Kier molecular flexibility index (Phi) is 2.67. The molecule has 2 aromatic heterocycles. The van der Waals surface area contributed by atoms with Crippen LogP contribution in [0.4, 0.5) is 0 Å². The van der Waals surface area contributed by atoms with Crippen molar-refractivity contribution >= 4 is 0 Å². The first-order valence-electron chi connectivity index (χ1n) is 7.24. The lowest BCUT2D eigenvalue weighted by atomic mass is 10.0. The fraction of sp³-hybridized carbons (Fsp3) is 0.312. The molecule has 0 saturated carbocycles. The lowest BCUT2D eigenvalue weighted by Crippen LogP contribution is -2.08. The summed E-state index contributed by atoms with van der Waals surface area (Å²) in [6.07, 6.45) is 4.78. The minimum atomic E-state index is 0.280. The molecule has 21 heavy (non-hydrogen) atoms. The quantitative estimate of drug-likeness (QED) is 0.724. The van der Waals surface area contributed by atoms with Crippen LogP contribution in [0.3, 0.4) is 0 Å². The SMILES string of the molecule is Cc1cn(-c2nc3n(n2)C(c2ccccc2)CC3C)cn1. The van der Waals surface area contributed by atoms with E-state index < -0.39 is 0 Å². The second-order valence-electron chi connectivity index (χ2n) is 5.70. The van der Waals surface area contributed by atoms with Crippen LogP contribution in [0.25, 0.3) is 5.95 Å². The number of nitrogens with zero attached hydrogens (tertiary/aromatic N) is 5. The monoisotopic (exact) mass is 279 g/mol. The lowest BCUT2D eigenvalue weighted by Gasteiger charge is -2.11. The highest BCUT2D eigenvalue weighted by molar-refractivity contribution is 5.26. The van der Waals surface area contributed by atoms with Crippen LogP contribution in [0.1, 0.15) is 42.4 Å². The zero-order valence-corrected chi connectivity index (χ0v) is 12.1. The van der Waals surface area contributed by atoms with Gasteiger partial charge in [0.2, 0.25) is 0 Å². The number of benzene rings is 1. The highest BCUT2D eigenvalue weighted by Crippen LogP contribution is 2.38. The maximum Gasteiger partial charge on any atom is 0.254 e. The van der Waals surface area contributed by atoms with Crippen molar-refractivity contribution in [3.05, 3.63) is 59.9 Å². The van der Waals surface area contributed by atoms with Gasteiger partial charge in [-0.1, -0.05) is 37.3 Å². The maximum atomic E-state index is 4.71. The molecule has 1 aliphatic rings. The van der Waals surface area contributed by atoms with E-state index in [-0.39, 0.29) is 6.04 Å². The molecule has 106 valence electrons. The van der Waals surface area contributed by atoms with Crippen molar-refractivity contribution in [2.75, 3.05) is 0 Å². The van der Waals surface area contributed by atoms with Crippen molar-refractivity contribution in [1.29, 1.82) is 0 Å². The molecule has 0 aliphatic carbocycles. The largest absolute Gasteiger partial charge is 0.273 e. The van der Waals surface area contributed by atoms with Gasteiger partial charge in [0, 0.05) is 12.1 Å². The Bertz CT molecular complexity index is 771. The number of aromatic nitrogens is 5. The number of aryl methyl sites for hydroxylation is 1. The molecule has 0 bridgehead atoms. The Labute approximate surface area is 123 Å². The summed E-state index contributed by atoms with van der Waals surface area (Å²) < 4.78 is 3.96. The molecule has 0 saturated heterocycles. The normalized spacial score (nSPS) is 20.7. The molecule has 0 amide bonds. The molecule has 5 nitrogen and oxygen atoms in total. The zero-order valence-electron chi connectivity index (χ0n) is 12.1. The van der Waals surface area contributed by atoms with E-state index in [1.807, 2.05) is 23.8 Å². The van der Waals surface area contributed by atoms with E-state index in [9.17, 15) is 0 Å². The fourth-order valence-electron chi connectivity index (χ4n) is 3.02. The van der Waals surface area contributed by atoms with Crippen LogP contribution in [0.5, 0.6) is 0 Å². The molecule has 0 fully saturated rings. The summed E-state index contributed by atoms with van der Waals surface area (Å²) in [5.41, 5.74) is 2.26.